The molecule has 1 aromatic heterocycles. The quantitative estimate of drug-likeness (QED) is 0.680. The minimum atomic E-state index is -0.151. The summed E-state index contributed by atoms with van der Waals surface area (Å²) < 4.78 is 4.90. The molecule has 0 saturated heterocycles. The van der Waals surface area contributed by atoms with Crippen LogP contribution in [0, 0.1) is 0 Å². The van der Waals surface area contributed by atoms with Crippen molar-refractivity contribution in [2.75, 3.05) is 13.1 Å². The highest BCUT2D eigenvalue weighted by Crippen LogP contribution is 2.18. The lowest BCUT2D eigenvalue weighted by molar-refractivity contribution is -0.133. The lowest BCUT2D eigenvalue weighted by Gasteiger charge is -2.27. The summed E-state index contributed by atoms with van der Waals surface area (Å²) in [6, 6.07) is -0.151. The predicted molar refractivity (Wildman–Crippen MR) is 56.6 cm³/mol. The Morgan fingerprint density at radius 1 is 1.62 bits per heavy atom. The largest absolute Gasteiger partial charge is 0.364 e. The van der Waals surface area contributed by atoms with E-state index >= 15 is 0 Å². The van der Waals surface area contributed by atoms with Gasteiger partial charge in [-0.15, -0.1) is 0 Å². The molecule has 3 heterocycles. The molecule has 0 fully saturated rings. The van der Waals surface area contributed by atoms with E-state index in [0.717, 1.165) is 30.8 Å². The van der Waals surface area contributed by atoms with E-state index in [9.17, 15) is 4.79 Å². The third-order valence-corrected chi connectivity index (χ3v) is 3.07. The van der Waals surface area contributed by atoms with Crippen LogP contribution in [0.15, 0.2) is 22.9 Å². The van der Waals surface area contributed by atoms with Gasteiger partial charge in [-0.05, 0) is 0 Å². The second-order valence-corrected chi connectivity index (χ2v) is 4.11. The lowest BCUT2D eigenvalue weighted by atomic mass is 10.1. The molecule has 5 heteroatoms. The Morgan fingerprint density at radius 2 is 2.56 bits per heavy atom. The van der Waals surface area contributed by atoms with Crippen LogP contribution in [-0.4, -0.2) is 35.1 Å². The Bertz CT molecular complexity index is 438. The van der Waals surface area contributed by atoms with E-state index in [1.165, 1.54) is 0 Å². The fraction of sp³-hybridized carbons (Fsp3) is 0.455. The molecule has 2 aliphatic heterocycles. The highest BCUT2D eigenvalue weighted by Gasteiger charge is 2.28. The fourth-order valence-electron chi connectivity index (χ4n) is 2.16. The Morgan fingerprint density at radius 3 is 3.38 bits per heavy atom. The molecule has 0 saturated carbocycles. The monoisotopic (exact) mass is 219 g/mol. The summed E-state index contributed by atoms with van der Waals surface area (Å²) in [6.45, 7) is 2.12. The van der Waals surface area contributed by atoms with Gasteiger partial charge in [-0.25, -0.2) is 0 Å². The summed E-state index contributed by atoms with van der Waals surface area (Å²) in [5.41, 5.74) is 2.01. The number of hydrogen-bond donors (Lipinski definition) is 1. The van der Waals surface area contributed by atoms with Crippen molar-refractivity contribution in [2.24, 2.45) is 0 Å². The summed E-state index contributed by atoms with van der Waals surface area (Å²) in [4.78, 5) is 13.9. The molecule has 5 nitrogen and oxygen atoms in total. The third-order valence-electron chi connectivity index (χ3n) is 3.07. The van der Waals surface area contributed by atoms with Gasteiger partial charge in [-0.3, -0.25) is 10.1 Å². The van der Waals surface area contributed by atoms with Gasteiger partial charge in [0.05, 0.1) is 12.2 Å². The molecule has 16 heavy (non-hydrogen) atoms. The molecule has 0 bridgehead atoms. The Labute approximate surface area is 93.1 Å². The minimum absolute atomic E-state index is 0.139. The van der Waals surface area contributed by atoms with Crippen LogP contribution < -0.4 is 5.32 Å². The van der Waals surface area contributed by atoms with Gasteiger partial charge in [-0.2, -0.15) is 0 Å². The van der Waals surface area contributed by atoms with E-state index in [0.29, 0.717) is 6.54 Å². The van der Waals surface area contributed by atoms with Crippen molar-refractivity contribution in [3.05, 3.63) is 29.7 Å². The second-order valence-electron chi connectivity index (χ2n) is 4.11. The number of amides is 1. The van der Waals surface area contributed by atoms with Gasteiger partial charge in [0.2, 0.25) is 5.91 Å². The van der Waals surface area contributed by atoms with E-state index in [4.69, 9.17) is 4.52 Å². The van der Waals surface area contributed by atoms with Gasteiger partial charge in [0, 0.05) is 25.1 Å². The van der Waals surface area contributed by atoms with Gasteiger partial charge >= 0.3 is 0 Å². The van der Waals surface area contributed by atoms with Gasteiger partial charge in [0.25, 0.3) is 0 Å². The van der Waals surface area contributed by atoms with Crippen LogP contribution in [0.5, 0.6) is 0 Å². The molecule has 1 unspecified atom stereocenters. The smallest absolute Gasteiger partial charge is 0.244 e. The first kappa shape index (κ1) is 9.59. The number of carbonyl (C=O) groups excluding carboxylic acids is 1. The molecule has 0 aromatic carbocycles. The Hall–Kier alpha value is -1.62. The number of nitrogens with zero attached hydrogens (tertiary/aromatic N) is 2. The normalized spacial score (nSPS) is 23.5. The maximum Gasteiger partial charge on any atom is 0.244 e. The van der Waals surface area contributed by atoms with E-state index in [1.807, 2.05) is 17.1 Å². The molecule has 1 amide bonds. The zero-order valence-corrected chi connectivity index (χ0v) is 8.85. The zero-order chi connectivity index (χ0) is 11.0. The van der Waals surface area contributed by atoms with E-state index in [2.05, 4.69) is 10.5 Å². The first-order chi connectivity index (χ1) is 7.84. The van der Waals surface area contributed by atoms with Crippen LogP contribution in [-0.2, 0) is 17.8 Å². The molecule has 3 rings (SSSR count). The molecule has 1 N–H and O–H groups in total. The molecular formula is C11H13N3O2. The molecule has 1 aromatic rings. The maximum absolute atomic E-state index is 12.1. The molecule has 0 radical (unpaired) electrons. The van der Waals surface area contributed by atoms with Crippen molar-refractivity contribution in [1.29, 1.82) is 0 Å². The van der Waals surface area contributed by atoms with Crippen molar-refractivity contribution in [3.8, 4) is 0 Å². The van der Waals surface area contributed by atoms with Crippen LogP contribution in [0.4, 0.5) is 0 Å². The van der Waals surface area contributed by atoms with Crippen molar-refractivity contribution in [1.82, 2.24) is 15.4 Å². The predicted octanol–water partition coefficient (Wildman–Crippen LogP) is 0.0873. The first-order valence-electron chi connectivity index (χ1n) is 5.45. The van der Waals surface area contributed by atoms with Crippen molar-refractivity contribution in [2.45, 2.75) is 19.0 Å². The van der Waals surface area contributed by atoms with Gasteiger partial charge in [0.1, 0.15) is 12.3 Å². The van der Waals surface area contributed by atoms with Crippen LogP contribution in [0.2, 0.25) is 0 Å². The summed E-state index contributed by atoms with van der Waals surface area (Å²) in [7, 11) is 0. The summed E-state index contributed by atoms with van der Waals surface area (Å²) >= 11 is 0. The van der Waals surface area contributed by atoms with Gasteiger partial charge < -0.3 is 9.42 Å². The molecule has 0 spiro atoms. The summed E-state index contributed by atoms with van der Waals surface area (Å²) in [5, 5.41) is 7.04. The number of aromatic nitrogens is 1. The topological polar surface area (TPSA) is 58.4 Å². The highest BCUT2D eigenvalue weighted by molar-refractivity contribution is 5.84. The Balaban J connectivity index is 1.73. The molecule has 1 atom stereocenters. The second kappa shape index (κ2) is 3.75. The van der Waals surface area contributed by atoms with Crippen LogP contribution >= 0.6 is 0 Å². The first-order valence-corrected chi connectivity index (χ1v) is 5.45. The van der Waals surface area contributed by atoms with Crippen molar-refractivity contribution >= 4 is 5.91 Å². The van der Waals surface area contributed by atoms with Crippen molar-refractivity contribution in [3.63, 3.8) is 0 Å². The number of hydrogen-bond acceptors (Lipinski definition) is 4. The van der Waals surface area contributed by atoms with Gasteiger partial charge in [0.15, 0.2) is 0 Å². The van der Waals surface area contributed by atoms with Crippen molar-refractivity contribution < 1.29 is 9.32 Å². The molecule has 0 aliphatic carbocycles. The average Bonchev–Trinajstić information content (AvgIpc) is 2.98. The van der Waals surface area contributed by atoms with Crippen LogP contribution in [0.25, 0.3) is 0 Å². The third kappa shape index (κ3) is 1.53. The fourth-order valence-corrected chi connectivity index (χ4v) is 2.16. The minimum Gasteiger partial charge on any atom is -0.364 e. The van der Waals surface area contributed by atoms with Gasteiger partial charge in [-0.1, -0.05) is 17.3 Å². The standard InChI is InChI=1S/C11H13N3O2/c15-11(10-2-1-4-12-10)14-5-3-9-8(6-14)7-16-13-9/h1-2,7,10,12H,3-6H2. The SMILES string of the molecule is O=C(C1C=CCN1)N1CCc2nocc2C1. The summed E-state index contributed by atoms with van der Waals surface area (Å²) in [6.07, 6.45) is 6.32. The van der Waals surface area contributed by atoms with E-state index in [1.54, 1.807) is 6.26 Å². The zero-order valence-electron chi connectivity index (χ0n) is 8.85. The molecule has 84 valence electrons. The molecule has 2 aliphatic rings. The number of carbonyl (C=O) groups is 1. The van der Waals surface area contributed by atoms with Crippen LogP contribution in [0.1, 0.15) is 11.3 Å². The molecular weight excluding hydrogens is 206 g/mol. The van der Waals surface area contributed by atoms with E-state index < -0.39 is 0 Å². The van der Waals surface area contributed by atoms with E-state index in [-0.39, 0.29) is 11.9 Å². The number of nitrogens with one attached hydrogen (secondary N) is 1. The summed E-state index contributed by atoms with van der Waals surface area (Å²) in [5.74, 6) is 0.139. The number of fused-ring (bicyclic) bond motifs is 1. The van der Waals surface area contributed by atoms with Crippen LogP contribution in [0.3, 0.4) is 0 Å². The lowest BCUT2D eigenvalue weighted by Crippen LogP contribution is -2.45. The Kier molecular flexibility index (Phi) is 2.25. The average molecular weight is 219 g/mol. The number of rotatable bonds is 1. The maximum atomic E-state index is 12.1. The highest BCUT2D eigenvalue weighted by atomic mass is 16.5.